The highest BCUT2D eigenvalue weighted by Crippen LogP contribution is 2.22. The molecule has 2 aromatic heterocycles. The standard InChI is InChI=1S/C12H16N4O3S/c1-15(2)20(18,19)16-7-12(14-9-16)11(8-17)10-4-3-5-13-6-10/h3-7,9,11,17H,8H2,1-2H3. The topological polar surface area (TPSA) is 88.3 Å². The molecular formula is C12H16N4O3S. The normalized spacial score (nSPS) is 13.6. The van der Waals surface area contributed by atoms with Gasteiger partial charge in [-0.05, 0) is 11.6 Å². The predicted octanol–water partition coefficient (Wildman–Crippen LogP) is 0.0568. The van der Waals surface area contributed by atoms with Gasteiger partial charge in [0.2, 0.25) is 0 Å². The van der Waals surface area contributed by atoms with Crippen molar-refractivity contribution in [3.05, 3.63) is 48.3 Å². The van der Waals surface area contributed by atoms with Crippen molar-refractivity contribution in [1.82, 2.24) is 18.2 Å². The van der Waals surface area contributed by atoms with Gasteiger partial charge in [-0.25, -0.2) is 8.96 Å². The zero-order valence-corrected chi connectivity index (χ0v) is 12.0. The van der Waals surface area contributed by atoms with Gasteiger partial charge < -0.3 is 5.11 Å². The summed E-state index contributed by atoms with van der Waals surface area (Å²) in [6, 6.07) is 3.57. The summed E-state index contributed by atoms with van der Waals surface area (Å²) in [4.78, 5) is 8.07. The average molecular weight is 296 g/mol. The largest absolute Gasteiger partial charge is 0.395 e. The van der Waals surface area contributed by atoms with Crippen LogP contribution in [0, 0.1) is 0 Å². The fourth-order valence-corrected chi connectivity index (χ4v) is 2.55. The minimum Gasteiger partial charge on any atom is -0.395 e. The Hall–Kier alpha value is -1.77. The number of pyridine rings is 1. The Labute approximate surface area is 117 Å². The smallest absolute Gasteiger partial charge is 0.308 e. The molecule has 1 N–H and O–H groups in total. The Kier molecular flexibility index (Phi) is 4.17. The predicted molar refractivity (Wildman–Crippen MR) is 73.4 cm³/mol. The second kappa shape index (κ2) is 5.70. The molecule has 0 saturated carbocycles. The second-order valence-electron chi connectivity index (χ2n) is 4.44. The minimum absolute atomic E-state index is 0.176. The van der Waals surface area contributed by atoms with Crippen LogP contribution in [0.3, 0.4) is 0 Å². The SMILES string of the molecule is CN(C)S(=O)(=O)n1cnc(C(CO)c2cccnc2)c1. The van der Waals surface area contributed by atoms with Crippen LogP contribution >= 0.6 is 0 Å². The number of aliphatic hydroxyl groups excluding tert-OH is 1. The van der Waals surface area contributed by atoms with Crippen LogP contribution in [0.1, 0.15) is 17.2 Å². The molecule has 2 aromatic rings. The summed E-state index contributed by atoms with van der Waals surface area (Å²) in [7, 11) is -0.702. The first-order valence-corrected chi connectivity index (χ1v) is 7.34. The summed E-state index contributed by atoms with van der Waals surface area (Å²) in [6.45, 7) is -0.176. The van der Waals surface area contributed by atoms with Gasteiger partial charge in [0.25, 0.3) is 0 Å². The van der Waals surface area contributed by atoms with Gasteiger partial charge in [-0.1, -0.05) is 6.07 Å². The summed E-state index contributed by atoms with van der Waals surface area (Å²) in [5, 5.41) is 9.52. The minimum atomic E-state index is -3.59. The van der Waals surface area contributed by atoms with E-state index in [4.69, 9.17) is 0 Å². The quantitative estimate of drug-likeness (QED) is 0.842. The molecule has 0 radical (unpaired) electrons. The van der Waals surface area contributed by atoms with Gasteiger partial charge in [0.1, 0.15) is 6.33 Å². The summed E-state index contributed by atoms with van der Waals surface area (Å²) in [5.74, 6) is -0.401. The molecule has 0 bridgehead atoms. The van der Waals surface area contributed by atoms with E-state index in [1.165, 1.54) is 26.6 Å². The first kappa shape index (κ1) is 14.6. The zero-order chi connectivity index (χ0) is 14.8. The molecule has 0 aliphatic rings. The van der Waals surface area contributed by atoms with Crippen LogP contribution in [0.25, 0.3) is 0 Å². The number of imidazole rings is 1. The number of aromatic nitrogens is 3. The van der Waals surface area contributed by atoms with Crippen molar-refractivity contribution in [2.24, 2.45) is 0 Å². The van der Waals surface area contributed by atoms with Crippen molar-refractivity contribution < 1.29 is 13.5 Å². The van der Waals surface area contributed by atoms with Crippen molar-refractivity contribution in [3.63, 3.8) is 0 Å². The summed E-state index contributed by atoms with van der Waals surface area (Å²) in [6.07, 6.45) is 5.89. The molecule has 0 spiro atoms. The lowest BCUT2D eigenvalue weighted by molar-refractivity contribution is 0.279. The van der Waals surface area contributed by atoms with Crippen LogP contribution in [0.5, 0.6) is 0 Å². The second-order valence-corrected chi connectivity index (χ2v) is 6.49. The molecule has 7 nitrogen and oxygen atoms in total. The molecule has 108 valence electrons. The molecular weight excluding hydrogens is 280 g/mol. The zero-order valence-electron chi connectivity index (χ0n) is 11.2. The number of aliphatic hydroxyl groups is 1. The average Bonchev–Trinajstić information content (AvgIpc) is 2.91. The maximum Gasteiger partial charge on any atom is 0.308 e. The Morgan fingerprint density at radius 1 is 1.45 bits per heavy atom. The van der Waals surface area contributed by atoms with E-state index in [9.17, 15) is 13.5 Å². The van der Waals surface area contributed by atoms with Gasteiger partial charge in [-0.2, -0.15) is 12.7 Å². The first-order chi connectivity index (χ1) is 9.46. The Bertz CT molecular complexity index is 667. The molecule has 2 rings (SSSR count). The third-order valence-corrected chi connectivity index (χ3v) is 4.59. The lowest BCUT2D eigenvalue weighted by Gasteiger charge is -2.12. The van der Waals surface area contributed by atoms with E-state index in [0.717, 1.165) is 13.8 Å². The third kappa shape index (κ3) is 2.72. The van der Waals surface area contributed by atoms with E-state index in [0.29, 0.717) is 5.69 Å². The van der Waals surface area contributed by atoms with Crippen molar-refractivity contribution in [3.8, 4) is 0 Å². The first-order valence-electron chi connectivity index (χ1n) is 5.94. The van der Waals surface area contributed by atoms with Gasteiger partial charge in [0.05, 0.1) is 18.2 Å². The molecule has 8 heteroatoms. The van der Waals surface area contributed by atoms with Crippen molar-refractivity contribution in [2.45, 2.75) is 5.92 Å². The summed E-state index contributed by atoms with van der Waals surface area (Å²) < 4.78 is 26.1. The van der Waals surface area contributed by atoms with E-state index < -0.39 is 16.1 Å². The molecule has 2 heterocycles. The lowest BCUT2D eigenvalue weighted by Crippen LogP contribution is -2.27. The molecule has 0 aromatic carbocycles. The van der Waals surface area contributed by atoms with Gasteiger partial charge >= 0.3 is 10.2 Å². The fourth-order valence-electron chi connectivity index (χ4n) is 1.77. The van der Waals surface area contributed by atoms with E-state index in [-0.39, 0.29) is 6.61 Å². The van der Waals surface area contributed by atoms with E-state index >= 15 is 0 Å². The molecule has 0 fully saturated rings. The summed E-state index contributed by atoms with van der Waals surface area (Å²) in [5.41, 5.74) is 1.26. The fraction of sp³-hybridized carbons (Fsp3) is 0.333. The van der Waals surface area contributed by atoms with Crippen LogP contribution in [0.2, 0.25) is 0 Å². The molecule has 0 amide bonds. The Balaban J connectivity index is 2.37. The van der Waals surface area contributed by atoms with Crippen LogP contribution in [0.4, 0.5) is 0 Å². The maximum atomic E-state index is 12.0. The van der Waals surface area contributed by atoms with Crippen LogP contribution < -0.4 is 0 Å². The van der Waals surface area contributed by atoms with Gasteiger partial charge in [-0.3, -0.25) is 4.98 Å². The highest BCUT2D eigenvalue weighted by atomic mass is 32.2. The number of hydrogen-bond acceptors (Lipinski definition) is 5. The van der Waals surface area contributed by atoms with Crippen LogP contribution in [0.15, 0.2) is 37.1 Å². The van der Waals surface area contributed by atoms with Crippen LogP contribution in [-0.2, 0) is 10.2 Å². The van der Waals surface area contributed by atoms with E-state index in [1.807, 2.05) is 6.07 Å². The van der Waals surface area contributed by atoms with Crippen LogP contribution in [-0.4, -0.2) is 52.5 Å². The van der Waals surface area contributed by atoms with Gasteiger partial charge in [0.15, 0.2) is 0 Å². The van der Waals surface area contributed by atoms with Crippen molar-refractivity contribution >= 4 is 10.2 Å². The third-order valence-electron chi connectivity index (χ3n) is 2.93. The highest BCUT2D eigenvalue weighted by molar-refractivity contribution is 7.87. The molecule has 0 aliphatic carbocycles. The van der Waals surface area contributed by atoms with E-state index in [2.05, 4.69) is 9.97 Å². The van der Waals surface area contributed by atoms with E-state index in [1.54, 1.807) is 18.5 Å². The number of hydrogen-bond donors (Lipinski definition) is 1. The Morgan fingerprint density at radius 2 is 2.20 bits per heavy atom. The number of nitrogens with zero attached hydrogens (tertiary/aromatic N) is 4. The molecule has 1 unspecified atom stereocenters. The van der Waals surface area contributed by atoms with Crippen molar-refractivity contribution in [2.75, 3.05) is 20.7 Å². The summed E-state index contributed by atoms with van der Waals surface area (Å²) >= 11 is 0. The highest BCUT2D eigenvalue weighted by Gasteiger charge is 2.21. The lowest BCUT2D eigenvalue weighted by atomic mass is 9.99. The van der Waals surface area contributed by atoms with Crippen molar-refractivity contribution in [1.29, 1.82) is 0 Å². The van der Waals surface area contributed by atoms with Gasteiger partial charge in [-0.15, -0.1) is 0 Å². The molecule has 0 aliphatic heterocycles. The van der Waals surface area contributed by atoms with Gasteiger partial charge in [0, 0.05) is 32.7 Å². The molecule has 1 atom stereocenters. The maximum absolute atomic E-state index is 12.0. The monoisotopic (exact) mass is 296 g/mol. The molecule has 20 heavy (non-hydrogen) atoms. The Morgan fingerprint density at radius 3 is 2.75 bits per heavy atom. The number of rotatable bonds is 5. The molecule has 0 saturated heterocycles.